The van der Waals surface area contributed by atoms with Crippen LogP contribution in [-0.4, -0.2) is 5.91 Å². The Kier molecular flexibility index (Phi) is 5.00. The van der Waals surface area contributed by atoms with Gasteiger partial charge in [0.2, 0.25) is 0 Å². The Morgan fingerprint density at radius 1 is 0.920 bits per heavy atom. The average molecular weight is 398 g/mol. The van der Waals surface area contributed by atoms with Crippen molar-refractivity contribution >= 4 is 21.8 Å². The lowest BCUT2D eigenvalue weighted by Gasteiger charge is -2.32. The van der Waals surface area contributed by atoms with Crippen molar-refractivity contribution < 1.29 is 9.18 Å². The van der Waals surface area contributed by atoms with E-state index < -0.39 is 11.4 Å². The van der Waals surface area contributed by atoms with Crippen LogP contribution in [0.2, 0.25) is 0 Å². The lowest BCUT2D eigenvalue weighted by molar-refractivity contribution is 0.0917. The molecule has 3 aromatic carbocycles. The Morgan fingerprint density at radius 2 is 1.44 bits per heavy atom. The largest absolute Gasteiger partial charge is 0.339 e. The molecular weight excluding hydrogens is 381 g/mol. The molecule has 0 spiro atoms. The second kappa shape index (κ2) is 7.19. The molecule has 0 aliphatic rings. The topological polar surface area (TPSA) is 29.1 Å². The molecular formula is C21H17BrFNO. The lowest BCUT2D eigenvalue weighted by atomic mass is 9.84. The van der Waals surface area contributed by atoms with Gasteiger partial charge in [-0.1, -0.05) is 60.7 Å². The van der Waals surface area contributed by atoms with Crippen LogP contribution in [0.5, 0.6) is 0 Å². The SMILES string of the molecule is CC(NC(=O)c1cc(F)ccc1Br)(c1ccccc1)c1ccccc1. The maximum Gasteiger partial charge on any atom is 0.253 e. The van der Waals surface area contributed by atoms with Crippen molar-refractivity contribution in [2.24, 2.45) is 0 Å². The second-order valence-corrected chi connectivity index (χ2v) is 6.79. The maximum atomic E-state index is 13.6. The highest BCUT2D eigenvalue weighted by Gasteiger charge is 2.31. The summed E-state index contributed by atoms with van der Waals surface area (Å²) < 4.78 is 14.1. The van der Waals surface area contributed by atoms with E-state index in [0.717, 1.165) is 11.1 Å². The first kappa shape index (κ1) is 17.4. The molecule has 3 aromatic rings. The Hall–Kier alpha value is -2.46. The van der Waals surface area contributed by atoms with E-state index in [2.05, 4.69) is 21.2 Å². The number of benzene rings is 3. The summed E-state index contributed by atoms with van der Waals surface area (Å²) in [6, 6.07) is 23.5. The third kappa shape index (κ3) is 3.64. The number of amides is 1. The zero-order valence-electron chi connectivity index (χ0n) is 13.7. The van der Waals surface area contributed by atoms with Gasteiger partial charge in [0.15, 0.2) is 0 Å². The van der Waals surface area contributed by atoms with Gasteiger partial charge < -0.3 is 5.32 Å². The molecule has 0 aliphatic heterocycles. The number of halogens is 2. The smallest absolute Gasteiger partial charge is 0.253 e. The highest BCUT2D eigenvalue weighted by atomic mass is 79.9. The van der Waals surface area contributed by atoms with Crippen LogP contribution in [0.25, 0.3) is 0 Å². The van der Waals surface area contributed by atoms with Gasteiger partial charge in [-0.05, 0) is 52.2 Å². The zero-order chi connectivity index (χ0) is 17.9. The van der Waals surface area contributed by atoms with Crippen molar-refractivity contribution in [3.63, 3.8) is 0 Å². The van der Waals surface area contributed by atoms with Crippen molar-refractivity contribution in [1.29, 1.82) is 0 Å². The molecule has 126 valence electrons. The van der Waals surface area contributed by atoms with Crippen LogP contribution in [0.1, 0.15) is 28.4 Å². The lowest BCUT2D eigenvalue weighted by Crippen LogP contribution is -2.44. The van der Waals surface area contributed by atoms with E-state index in [0.29, 0.717) is 4.47 Å². The Labute approximate surface area is 154 Å². The fourth-order valence-corrected chi connectivity index (χ4v) is 3.25. The first-order valence-corrected chi connectivity index (χ1v) is 8.68. The molecule has 2 nitrogen and oxygen atoms in total. The molecule has 0 bridgehead atoms. The number of rotatable bonds is 4. The number of hydrogen-bond acceptors (Lipinski definition) is 1. The average Bonchev–Trinajstić information content (AvgIpc) is 2.65. The van der Waals surface area contributed by atoms with Crippen LogP contribution in [-0.2, 0) is 5.54 Å². The highest BCUT2D eigenvalue weighted by Crippen LogP contribution is 2.30. The minimum absolute atomic E-state index is 0.262. The number of carbonyl (C=O) groups excluding carboxylic acids is 1. The number of nitrogens with one attached hydrogen (secondary N) is 1. The first-order valence-electron chi connectivity index (χ1n) is 7.89. The predicted molar refractivity (Wildman–Crippen MR) is 101 cm³/mol. The highest BCUT2D eigenvalue weighted by molar-refractivity contribution is 9.10. The van der Waals surface area contributed by atoms with Crippen molar-refractivity contribution in [3.05, 3.63) is 106 Å². The van der Waals surface area contributed by atoms with E-state index in [9.17, 15) is 9.18 Å². The molecule has 0 aromatic heterocycles. The molecule has 3 rings (SSSR count). The van der Waals surface area contributed by atoms with Crippen LogP contribution in [0.3, 0.4) is 0 Å². The van der Waals surface area contributed by atoms with Crippen LogP contribution in [0.4, 0.5) is 4.39 Å². The van der Waals surface area contributed by atoms with Gasteiger partial charge in [-0.25, -0.2) is 4.39 Å². The van der Waals surface area contributed by atoms with Crippen molar-refractivity contribution in [1.82, 2.24) is 5.32 Å². The summed E-state index contributed by atoms with van der Waals surface area (Å²) in [4.78, 5) is 12.9. The monoisotopic (exact) mass is 397 g/mol. The fraction of sp³-hybridized carbons (Fsp3) is 0.0952. The van der Waals surface area contributed by atoms with Gasteiger partial charge in [-0.2, -0.15) is 0 Å². The fourth-order valence-electron chi connectivity index (χ4n) is 2.82. The zero-order valence-corrected chi connectivity index (χ0v) is 15.3. The molecule has 0 aliphatic carbocycles. The second-order valence-electron chi connectivity index (χ2n) is 5.94. The molecule has 0 unspecified atom stereocenters. The molecule has 0 fully saturated rings. The van der Waals surface area contributed by atoms with Crippen LogP contribution < -0.4 is 5.32 Å². The minimum atomic E-state index is -0.745. The van der Waals surface area contributed by atoms with Crippen LogP contribution >= 0.6 is 15.9 Å². The van der Waals surface area contributed by atoms with Gasteiger partial charge in [0, 0.05) is 4.47 Å². The van der Waals surface area contributed by atoms with Crippen LogP contribution in [0.15, 0.2) is 83.3 Å². The Morgan fingerprint density at radius 3 is 1.96 bits per heavy atom. The Balaban J connectivity index is 2.04. The molecule has 0 radical (unpaired) electrons. The van der Waals surface area contributed by atoms with Gasteiger partial charge in [-0.3, -0.25) is 4.79 Å². The normalized spacial score (nSPS) is 11.2. The van der Waals surface area contributed by atoms with E-state index in [1.54, 1.807) is 0 Å². The molecule has 1 N–H and O–H groups in total. The van der Waals surface area contributed by atoms with Gasteiger partial charge >= 0.3 is 0 Å². The first-order chi connectivity index (χ1) is 12.0. The number of carbonyl (C=O) groups is 1. The Bertz CT molecular complexity index is 841. The van der Waals surface area contributed by atoms with Crippen molar-refractivity contribution in [2.75, 3.05) is 0 Å². The van der Waals surface area contributed by atoms with Crippen LogP contribution in [0, 0.1) is 5.82 Å². The molecule has 1 amide bonds. The summed E-state index contributed by atoms with van der Waals surface area (Å²) >= 11 is 3.32. The summed E-state index contributed by atoms with van der Waals surface area (Å²) in [6.45, 7) is 1.95. The molecule has 0 saturated heterocycles. The summed E-state index contributed by atoms with van der Waals surface area (Å²) in [5.74, 6) is -0.795. The van der Waals surface area contributed by atoms with Gasteiger partial charge in [-0.15, -0.1) is 0 Å². The minimum Gasteiger partial charge on any atom is -0.339 e. The van der Waals surface area contributed by atoms with Gasteiger partial charge in [0.1, 0.15) is 5.82 Å². The number of hydrogen-bond donors (Lipinski definition) is 1. The summed E-state index contributed by atoms with van der Waals surface area (Å²) in [6.07, 6.45) is 0. The van der Waals surface area contributed by atoms with Crippen molar-refractivity contribution in [2.45, 2.75) is 12.5 Å². The summed E-state index contributed by atoms with van der Waals surface area (Å²) in [5.41, 5.74) is 1.41. The molecule has 0 atom stereocenters. The molecule has 4 heteroatoms. The summed E-state index contributed by atoms with van der Waals surface area (Å²) in [7, 11) is 0. The maximum absolute atomic E-state index is 13.6. The van der Waals surface area contributed by atoms with E-state index in [-0.39, 0.29) is 11.5 Å². The van der Waals surface area contributed by atoms with Crippen molar-refractivity contribution in [3.8, 4) is 0 Å². The quantitative estimate of drug-likeness (QED) is 0.637. The third-order valence-corrected chi connectivity index (χ3v) is 4.93. The van der Waals surface area contributed by atoms with E-state index in [1.807, 2.05) is 67.6 Å². The molecule has 0 heterocycles. The third-order valence-electron chi connectivity index (χ3n) is 4.24. The van der Waals surface area contributed by atoms with Gasteiger partial charge in [0.25, 0.3) is 5.91 Å². The summed E-state index contributed by atoms with van der Waals surface area (Å²) in [5, 5.41) is 3.07. The van der Waals surface area contributed by atoms with E-state index in [1.165, 1.54) is 18.2 Å². The predicted octanol–water partition coefficient (Wildman–Crippen LogP) is 5.28. The molecule has 25 heavy (non-hydrogen) atoms. The van der Waals surface area contributed by atoms with E-state index in [4.69, 9.17) is 0 Å². The van der Waals surface area contributed by atoms with Gasteiger partial charge in [0.05, 0.1) is 11.1 Å². The molecule has 0 saturated carbocycles. The standard InChI is InChI=1S/C21H17BrFNO/c1-21(15-8-4-2-5-9-15,16-10-6-3-7-11-16)24-20(25)18-14-17(23)12-13-19(18)22/h2-14H,1H3,(H,24,25). The van der Waals surface area contributed by atoms with E-state index >= 15 is 0 Å².